The number of hydrogen-bond acceptors (Lipinski definition) is 2. The summed E-state index contributed by atoms with van der Waals surface area (Å²) in [7, 11) is 0. The Hall–Kier alpha value is -0.210. The van der Waals surface area contributed by atoms with Crippen molar-refractivity contribution in [1.29, 1.82) is 0 Å². The van der Waals surface area contributed by atoms with E-state index in [0.717, 1.165) is 6.54 Å². The van der Waals surface area contributed by atoms with Crippen molar-refractivity contribution in [3.05, 3.63) is 23.8 Å². The molecule has 110 valence electrons. The average molecular weight is 282 g/mol. The highest BCUT2D eigenvalue weighted by atomic mass is 32.2. The van der Waals surface area contributed by atoms with E-state index in [2.05, 4.69) is 58.2 Å². The molecule has 2 unspecified atom stereocenters. The van der Waals surface area contributed by atoms with Gasteiger partial charge in [-0.15, -0.1) is 0 Å². The van der Waals surface area contributed by atoms with Crippen LogP contribution in [-0.2, 0) is 0 Å². The molecule has 0 saturated heterocycles. The van der Waals surface area contributed by atoms with Gasteiger partial charge in [-0.1, -0.05) is 44.6 Å². The molecule has 0 bridgehead atoms. The van der Waals surface area contributed by atoms with Crippen LogP contribution < -0.4 is 5.32 Å². The van der Waals surface area contributed by atoms with Crippen molar-refractivity contribution < 1.29 is 0 Å². The van der Waals surface area contributed by atoms with Gasteiger partial charge in [-0.05, 0) is 37.9 Å². The van der Waals surface area contributed by atoms with Crippen LogP contribution in [0.1, 0.15) is 47.5 Å². The van der Waals surface area contributed by atoms with Gasteiger partial charge in [0.2, 0.25) is 0 Å². The second kappa shape index (κ2) is 8.16. The first-order chi connectivity index (χ1) is 8.97. The molecular weight excluding hydrogens is 250 g/mol. The van der Waals surface area contributed by atoms with Gasteiger partial charge in [0, 0.05) is 24.3 Å². The molecule has 0 fully saturated rings. The van der Waals surface area contributed by atoms with Gasteiger partial charge in [0.25, 0.3) is 0 Å². The smallest absolute Gasteiger partial charge is 0.0222 e. The van der Waals surface area contributed by atoms with Crippen LogP contribution >= 0.6 is 11.8 Å². The zero-order valence-corrected chi connectivity index (χ0v) is 14.1. The summed E-state index contributed by atoms with van der Waals surface area (Å²) in [6.45, 7) is 12.7. The fraction of sp³-hybridized carbons (Fsp3) is 0.765. The summed E-state index contributed by atoms with van der Waals surface area (Å²) in [4.78, 5) is 0. The summed E-state index contributed by atoms with van der Waals surface area (Å²) in [6.07, 6.45) is 9.73. The van der Waals surface area contributed by atoms with Crippen LogP contribution in [0.2, 0.25) is 0 Å². The van der Waals surface area contributed by atoms with Crippen LogP contribution in [0.15, 0.2) is 23.8 Å². The summed E-state index contributed by atoms with van der Waals surface area (Å²) in [5.41, 5.74) is 1.95. The molecule has 0 aromatic carbocycles. The number of hydrogen-bond donors (Lipinski definition) is 1. The SMILES string of the molecule is CCSCCNC(C)/C=C/C1C(C)=CCCC1(C)C. The Morgan fingerprint density at radius 1 is 1.53 bits per heavy atom. The van der Waals surface area contributed by atoms with Crippen LogP contribution in [-0.4, -0.2) is 24.1 Å². The van der Waals surface area contributed by atoms with E-state index in [1.54, 1.807) is 5.57 Å². The van der Waals surface area contributed by atoms with Gasteiger partial charge < -0.3 is 5.32 Å². The molecule has 1 aliphatic rings. The molecule has 0 heterocycles. The van der Waals surface area contributed by atoms with E-state index in [-0.39, 0.29) is 0 Å². The third-order valence-corrected chi connectivity index (χ3v) is 5.00. The maximum Gasteiger partial charge on any atom is 0.0222 e. The molecule has 0 spiro atoms. The van der Waals surface area contributed by atoms with Crippen molar-refractivity contribution in [1.82, 2.24) is 5.32 Å². The third kappa shape index (κ3) is 5.74. The summed E-state index contributed by atoms with van der Waals surface area (Å²) in [6, 6.07) is 0.475. The maximum atomic E-state index is 3.57. The van der Waals surface area contributed by atoms with Crippen LogP contribution in [0.25, 0.3) is 0 Å². The largest absolute Gasteiger partial charge is 0.310 e. The van der Waals surface area contributed by atoms with E-state index >= 15 is 0 Å². The lowest BCUT2D eigenvalue weighted by atomic mass is 9.68. The molecule has 1 aliphatic carbocycles. The standard InChI is InChI=1S/C17H31NS/c1-6-19-13-12-18-15(3)9-10-16-14(2)8-7-11-17(16,4)5/h8-10,15-16,18H,6-7,11-13H2,1-5H3/b10-9+. The fourth-order valence-corrected chi connectivity index (χ4v) is 3.38. The van der Waals surface area contributed by atoms with E-state index in [1.165, 1.54) is 24.3 Å². The Kier molecular flexibility index (Phi) is 7.23. The molecular formula is C17H31NS. The minimum atomic E-state index is 0.410. The Morgan fingerprint density at radius 3 is 2.89 bits per heavy atom. The predicted octanol–water partition coefficient (Wildman–Crippen LogP) is 4.66. The van der Waals surface area contributed by atoms with Crippen molar-refractivity contribution in [2.24, 2.45) is 11.3 Å². The first-order valence-corrected chi connectivity index (χ1v) is 8.79. The second-order valence-electron chi connectivity index (χ2n) is 6.28. The van der Waals surface area contributed by atoms with Gasteiger partial charge in [0.15, 0.2) is 0 Å². The average Bonchev–Trinajstić information content (AvgIpc) is 2.33. The zero-order valence-electron chi connectivity index (χ0n) is 13.3. The first-order valence-electron chi connectivity index (χ1n) is 7.63. The van der Waals surface area contributed by atoms with Crippen LogP contribution in [0.4, 0.5) is 0 Å². The minimum absolute atomic E-state index is 0.410. The van der Waals surface area contributed by atoms with E-state index in [0.29, 0.717) is 17.4 Å². The molecule has 1 rings (SSSR count). The van der Waals surface area contributed by atoms with E-state index < -0.39 is 0 Å². The highest BCUT2D eigenvalue weighted by Crippen LogP contribution is 2.41. The van der Waals surface area contributed by atoms with E-state index in [4.69, 9.17) is 0 Å². The Morgan fingerprint density at radius 2 is 2.26 bits per heavy atom. The number of allylic oxidation sites excluding steroid dienone is 3. The Balaban J connectivity index is 2.45. The molecule has 0 aliphatic heterocycles. The molecule has 0 aromatic rings. The van der Waals surface area contributed by atoms with Crippen molar-refractivity contribution in [2.45, 2.75) is 53.5 Å². The monoisotopic (exact) mass is 281 g/mol. The highest BCUT2D eigenvalue weighted by molar-refractivity contribution is 7.99. The van der Waals surface area contributed by atoms with Gasteiger partial charge >= 0.3 is 0 Å². The van der Waals surface area contributed by atoms with Gasteiger partial charge in [-0.2, -0.15) is 11.8 Å². The summed E-state index contributed by atoms with van der Waals surface area (Å²) in [5, 5.41) is 3.57. The van der Waals surface area contributed by atoms with Crippen LogP contribution in [0, 0.1) is 11.3 Å². The molecule has 1 nitrogen and oxygen atoms in total. The topological polar surface area (TPSA) is 12.0 Å². The summed E-state index contributed by atoms with van der Waals surface area (Å²) >= 11 is 2.00. The molecule has 19 heavy (non-hydrogen) atoms. The Bertz CT molecular complexity index is 317. The second-order valence-corrected chi connectivity index (χ2v) is 7.67. The van der Waals surface area contributed by atoms with Gasteiger partial charge in [-0.25, -0.2) is 0 Å². The van der Waals surface area contributed by atoms with Crippen molar-refractivity contribution in [3.8, 4) is 0 Å². The lowest BCUT2D eigenvalue weighted by molar-refractivity contribution is 0.255. The zero-order chi connectivity index (χ0) is 14.3. The van der Waals surface area contributed by atoms with Crippen molar-refractivity contribution in [3.63, 3.8) is 0 Å². The summed E-state index contributed by atoms with van der Waals surface area (Å²) in [5.74, 6) is 3.03. The third-order valence-electron chi connectivity index (χ3n) is 4.10. The molecule has 0 aromatic heterocycles. The molecule has 1 N–H and O–H groups in total. The maximum absolute atomic E-state index is 3.57. The Labute approximate surface area is 124 Å². The van der Waals surface area contributed by atoms with Crippen LogP contribution in [0.5, 0.6) is 0 Å². The predicted molar refractivity (Wildman–Crippen MR) is 89.9 cm³/mol. The molecule has 2 heteroatoms. The molecule has 0 radical (unpaired) electrons. The van der Waals surface area contributed by atoms with Gasteiger partial charge in [0.05, 0.1) is 0 Å². The molecule has 0 amide bonds. The number of nitrogens with one attached hydrogen (secondary N) is 1. The number of thioether (sulfide) groups is 1. The van der Waals surface area contributed by atoms with E-state index in [1.807, 2.05) is 11.8 Å². The lowest BCUT2D eigenvalue weighted by Crippen LogP contribution is -2.29. The number of rotatable bonds is 7. The fourth-order valence-electron chi connectivity index (χ4n) is 2.83. The quantitative estimate of drug-likeness (QED) is 0.538. The molecule has 0 saturated carbocycles. The van der Waals surface area contributed by atoms with Gasteiger partial charge in [-0.3, -0.25) is 0 Å². The van der Waals surface area contributed by atoms with Crippen molar-refractivity contribution >= 4 is 11.8 Å². The molecule has 2 atom stereocenters. The minimum Gasteiger partial charge on any atom is -0.310 e. The van der Waals surface area contributed by atoms with Gasteiger partial charge in [0.1, 0.15) is 0 Å². The normalized spacial score (nSPS) is 24.5. The first kappa shape index (κ1) is 16.8. The van der Waals surface area contributed by atoms with Crippen molar-refractivity contribution in [2.75, 3.05) is 18.1 Å². The summed E-state index contributed by atoms with van der Waals surface area (Å²) < 4.78 is 0. The van der Waals surface area contributed by atoms with E-state index in [9.17, 15) is 0 Å². The highest BCUT2D eigenvalue weighted by Gasteiger charge is 2.30. The van der Waals surface area contributed by atoms with Crippen LogP contribution in [0.3, 0.4) is 0 Å². The lowest BCUT2D eigenvalue weighted by Gasteiger charge is -2.37.